The van der Waals surface area contributed by atoms with Crippen LogP contribution in [0.2, 0.25) is 0 Å². The number of ether oxygens (including phenoxy) is 2. The van der Waals surface area contributed by atoms with Crippen molar-refractivity contribution < 1.29 is 34.1 Å². The van der Waals surface area contributed by atoms with Crippen molar-refractivity contribution in [2.24, 2.45) is 46.3 Å². The molecule has 4 saturated carbocycles. The van der Waals surface area contributed by atoms with E-state index >= 15 is 0 Å². The molecule has 7 heteroatoms. The van der Waals surface area contributed by atoms with Gasteiger partial charge in [0.05, 0.1) is 24.0 Å². The predicted octanol–water partition coefficient (Wildman–Crippen LogP) is 4.54. The highest BCUT2D eigenvalue weighted by Crippen LogP contribution is 2.66. The maximum absolute atomic E-state index is 13.8. The summed E-state index contributed by atoms with van der Waals surface area (Å²) >= 11 is 0. The molecule has 2 N–H and O–H groups in total. The van der Waals surface area contributed by atoms with Gasteiger partial charge in [0, 0.05) is 17.3 Å². The van der Waals surface area contributed by atoms with Gasteiger partial charge in [-0.1, -0.05) is 58.6 Å². The van der Waals surface area contributed by atoms with Gasteiger partial charge in [-0.05, 0) is 67.9 Å². The van der Waals surface area contributed by atoms with Gasteiger partial charge in [-0.3, -0.25) is 14.4 Å². The summed E-state index contributed by atoms with van der Waals surface area (Å²) in [7, 11) is 0. The Labute approximate surface area is 232 Å². The number of aliphatic hydroxyl groups is 2. The van der Waals surface area contributed by atoms with Gasteiger partial charge in [-0.2, -0.15) is 0 Å². The fourth-order valence-corrected chi connectivity index (χ4v) is 9.14. The summed E-state index contributed by atoms with van der Waals surface area (Å²) in [6, 6.07) is 0. The number of carbonyl (C=O) groups is 3. The number of hydrogen-bond donors (Lipinski definition) is 2. The van der Waals surface area contributed by atoms with Crippen molar-refractivity contribution in [2.45, 2.75) is 104 Å². The minimum atomic E-state index is -0.931. The molecule has 5 aliphatic rings. The Bertz CT molecular complexity index is 1040. The fraction of sp³-hybridized carbons (Fsp3) is 0.781. The molecule has 9 unspecified atom stereocenters. The van der Waals surface area contributed by atoms with Crippen LogP contribution in [0, 0.1) is 46.3 Å². The molecule has 0 spiro atoms. The number of Topliss-reactive ketones (excluding diaryl/α,β-unsaturated/α-hetero) is 1. The third-order valence-corrected chi connectivity index (χ3v) is 11.0. The Kier molecular flexibility index (Phi) is 7.99. The van der Waals surface area contributed by atoms with E-state index in [1.807, 2.05) is 6.08 Å². The van der Waals surface area contributed by atoms with Crippen LogP contribution >= 0.6 is 0 Å². The highest BCUT2D eigenvalue weighted by molar-refractivity contribution is 6.01. The van der Waals surface area contributed by atoms with Crippen LogP contribution in [0.1, 0.15) is 85.5 Å². The lowest BCUT2D eigenvalue weighted by Gasteiger charge is -2.58. The lowest BCUT2D eigenvalue weighted by Crippen LogP contribution is -2.56. The maximum Gasteiger partial charge on any atom is 0.308 e. The molecule has 0 aromatic carbocycles. The van der Waals surface area contributed by atoms with Crippen LogP contribution in [-0.2, 0) is 23.9 Å². The molecule has 4 fully saturated rings. The summed E-state index contributed by atoms with van der Waals surface area (Å²) in [6.07, 6.45) is 11.1. The first-order valence-electron chi connectivity index (χ1n) is 15.1. The van der Waals surface area contributed by atoms with Gasteiger partial charge >= 0.3 is 5.97 Å². The van der Waals surface area contributed by atoms with Crippen molar-refractivity contribution in [3.63, 3.8) is 0 Å². The van der Waals surface area contributed by atoms with Gasteiger partial charge in [0.25, 0.3) is 0 Å². The Morgan fingerprint density at radius 2 is 1.85 bits per heavy atom. The third-order valence-electron chi connectivity index (χ3n) is 11.0. The first kappa shape index (κ1) is 28.7. The molecule has 216 valence electrons. The number of ketones is 2. The SMILES string of the molecule is CC(C)C(=O)OCC(=O)C1C(OC(O)C2CCCCC2)CC2C3CCC4=CC(=O)C=CC4(C)C3C(O)CC21C. The van der Waals surface area contributed by atoms with Gasteiger partial charge in [0.1, 0.15) is 6.61 Å². The second kappa shape index (κ2) is 10.9. The number of aliphatic hydroxyl groups excluding tert-OH is 2. The Morgan fingerprint density at radius 1 is 1.13 bits per heavy atom. The van der Waals surface area contributed by atoms with Crippen LogP contribution < -0.4 is 0 Å². The standard InChI is InChI=1S/C32H46O7/c1-18(2)29(36)38-17-25(35)28-26(39-30(37)19-8-6-5-7-9-19)15-23-22-11-10-20-14-21(33)12-13-31(20,3)27(22)24(34)16-32(23,28)4/h12-14,18-19,22-24,26-28,30,34,37H,5-11,15-17H2,1-4H3. The summed E-state index contributed by atoms with van der Waals surface area (Å²) in [4.78, 5) is 38.2. The highest BCUT2D eigenvalue weighted by Gasteiger charge is 2.65. The van der Waals surface area contributed by atoms with E-state index in [4.69, 9.17) is 9.47 Å². The molecule has 0 radical (unpaired) electrons. The lowest BCUT2D eigenvalue weighted by molar-refractivity contribution is -0.187. The molecule has 7 nitrogen and oxygen atoms in total. The molecular weight excluding hydrogens is 496 g/mol. The average molecular weight is 543 g/mol. The number of esters is 1. The van der Waals surface area contributed by atoms with Gasteiger partial charge in [-0.25, -0.2) is 0 Å². The molecular formula is C32H46O7. The molecule has 0 aliphatic heterocycles. The van der Waals surface area contributed by atoms with Crippen molar-refractivity contribution in [1.82, 2.24) is 0 Å². The van der Waals surface area contributed by atoms with Gasteiger partial charge in [-0.15, -0.1) is 0 Å². The molecule has 0 aromatic heterocycles. The van der Waals surface area contributed by atoms with Crippen molar-refractivity contribution in [3.8, 4) is 0 Å². The van der Waals surface area contributed by atoms with E-state index in [-0.39, 0.29) is 47.8 Å². The minimum Gasteiger partial charge on any atom is -0.457 e. The van der Waals surface area contributed by atoms with E-state index in [1.165, 1.54) is 6.42 Å². The van der Waals surface area contributed by atoms with Crippen molar-refractivity contribution in [3.05, 3.63) is 23.8 Å². The topological polar surface area (TPSA) is 110 Å². The van der Waals surface area contributed by atoms with E-state index < -0.39 is 41.2 Å². The molecule has 39 heavy (non-hydrogen) atoms. The molecule has 0 saturated heterocycles. The zero-order valence-electron chi connectivity index (χ0n) is 23.9. The first-order chi connectivity index (χ1) is 18.5. The monoisotopic (exact) mass is 542 g/mol. The Morgan fingerprint density at radius 3 is 2.54 bits per heavy atom. The van der Waals surface area contributed by atoms with Gasteiger partial charge in [0.2, 0.25) is 0 Å². The highest BCUT2D eigenvalue weighted by atomic mass is 16.6. The van der Waals surface area contributed by atoms with E-state index in [1.54, 1.807) is 26.0 Å². The summed E-state index contributed by atoms with van der Waals surface area (Å²) in [5.41, 5.74) is 0.139. The number of allylic oxidation sites excluding steroid dienone is 4. The third kappa shape index (κ3) is 5.08. The van der Waals surface area contributed by atoms with Gasteiger partial charge in [0.15, 0.2) is 17.9 Å². The first-order valence-corrected chi connectivity index (χ1v) is 15.1. The lowest BCUT2D eigenvalue weighted by atomic mass is 9.46. The Balaban J connectivity index is 1.44. The number of hydrogen-bond acceptors (Lipinski definition) is 7. The van der Waals surface area contributed by atoms with E-state index in [2.05, 4.69) is 13.8 Å². The van der Waals surface area contributed by atoms with Gasteiger partial charge < -0.3 is 19.7 Å². The van der Waals surface area contributed by atoms with Crippen LogP contribution in [0.25, 0.3) is 0 Å². The molecule has 0 aromatic rings. The van der Waals surface area contributed by atoms with Crippen LogP contribution in [0.15, 0.2) is 23.8 Å². The summed E-state index contributed by atoms with van der Waals surface area (Å²) in [5, 5.41) is 22.8. The van der Waals surface area contributed by atoms with Crippen molar-refractivity contribution in [2.75, 3.05) is 6.61 Å². The second-order valence-electron chi connectivity index (χ2n) is 13.7. The molecule has 0 heterocycles. The quantitative estimate of drug-likeness (QED) is 0.359. The zero-order valence-corrected chi connectivity index (χ0v) is 23.9. The smallest absolute Gasteiger partial charge is 0.308 e. The van der Waals surface area contributed by atoms with E-state index in [0.717, 1.165) is 44.1 Å². The van der Waals surface area contributed by atoms with Crippen LogP contribution in [0.4, 0.5) is 0 Å². The minimum absolute atomic E-state index is 0.00342. The number of carbonyl (C=O) groups excluding carboxylic acids is 3. The van der Waals surface area contributed by atoms with Crippen molar-refractivity contribution in [1.29, 1.82) is 0 Å². The van der Waals surface area contributed by atoms with Crippen molar-refractivity contribution >= 4 is 17.5 Å². The zero-order chi connectivity index (χ0) is 28.1. The summed E-state index contributed by atoms with van der Waals surface area (Å²) in [5.74, 6) is -1.25. The average Bonchev–Trinajstić information content (AvgIpc) is 3.18. The summed E-state index contributed by atoms with van der Waals surface area (Å²) in [6.45, 7) is 7.39. The predicted molar refractivity (Wildman–Crippen MR) is 145 cm³/mol. The number of fused-ring (bicyclic) bond motifs is 5. The van der Waals surface area contributed by atoms with Crippen LogP contribution in [-0.4, -0.2) is 52.9 Å². The number of rotatable bonds is 7. The molecule has 5 aliphatic carbocycles. The van der Waals surface area contributed by atoms with Crippen LogP contribution in [0.5, 0.6) is 0 Å². The van der Waals surface area contributed by atoms with E-state index in [9.17, 15) is 24.6 Å². The van der Waals surface area contributed by atoms with Crippen LogP contribution in [0.3, 0.4) is 0 Å². The maximum atomic E-state index is 13.8. The molecule has 9 atom stereocenters. The fourth-order valence-electron chi connectivity index (χ4n) is 9.14. The summed E-state index contributed by atoms with van der Waals surface area (Å²) < 4.78 is 11.8. The second-order valence-corrected chi connectivity index (χ2v) is 13.7. The molecule has 5 rings (SSSR count). The Hall–Kier alpha value is -1.83. The molecule has 0 bridgehead atoms. The molecule has 0 amide bonds. The van der Waals surface area contributed by atoms with E-state index in [0.29, 0.717) is 12.8 Å². The largest absolute Gasteiger partial charge is 0.457 e. The normalized spacial score (nSPS) is 40.9.